The van der Waals surface area contributed by atoms with Gasteiger partial charge in [0.05, 0.1) is 12.6 Å². The van der Waals surface area contributed by atoms with Crippen molar-refractivity contribution in [2.24, 2.45) is 41.2 Å². The van der Waals surface area contributed by atoms with Crippen LogP contribution in [0.4, 0.5) is 4.79 Å². The van der Waals surface area contributed by atoms with Crippen LogP contribution >= 0.6 is 0 Å². The molecule has 4 unspecified atom stereocenters. The second-order valence-corrected chi connectivity index (χ2v) is 15.2. The summed E-state index contributed by atoms with van der Waals surface area (Å²) in [5.74, 6) is -5.71. The Morgan fingerprint density at radius 1 is 0.818 bits per heavy atom. The number of carbonyl (C=O) groups is 9. The molecule has 2 fully saturated rings. The van der Waals surface area contributed by atoms with E-state index in [1.54, 1.807) is 27.7 Å². The molecule has 8 N–H and O–H groups in total. The molecule has 4 atom stereocenters. The van der Waals surface area contributed by atoms with Crippen molar-refractivity contribution in [1.29, 1.82) is 0 Å². The lowest BCUT2D eigenvalue weighted by Crippen LogP contribution is -2.58. The van der Waals surface area contributed by atoms with Gasteiger partial charge in [-0.05, 0) is 62.7 Å². The zero-order chi connectivity index (χ0) is 42.0. The largest absolute Gasteiger partial charge is 0.481 e. The zero-order valence-electron chi connectivity index (χ0n) is 33.8. The van der Waals surface area contributed by atoms with E-state index in [-0.39, 0.29) is 73.0 Å². The molecule has 1 saturated heterocycles. The van der Waals surface area contributed by atoms with Crippen LogP contribution in [0, 0.1) is 35.5 Å². The Kier molecular flexibility index (Phi) is 21.2. The molecule has 0 radical (unpaired) electrons. The maximum absolute atomic E-state index is 13.4. The zero-order valence-corrected chi connectivity index (χ0v) is 33.8. The lowest BCUT2D eigenvalue weighted by molar-refractivity contribution is -0.141. The van der Waals surface area contributed by atoms with E-state index in [0.29, 0.717) is 38.6 Å². The molecule has 0 aromatic carbocycles. The van der Waals surface area contributed by atoms with Crippen LogP contribution in [0.1, 0.15) is 113 Å². The number of Topliss-reactive ketones (excluding diaryl/α,β-unsaturated/α-hetero) is 1. The lowest BCUT2D eigenvalue weighted by atomic mass is 9.81. The molecular formula is C38H65N7O10. The highest BCUT2D eigenvalue weighted by Crippen LogP contribution is 2.33. The Morgan fingerprint density at radius 2 is 1.44 bits per heavy atom. The first-order valence-corrected chi connectivity index (χ1v) is 19.6. The normalized spacial score (nSPS) is 19.8. The van der Waals surface area contributed by atoms with Crippen molar-refractivity contribution < 1.29 is 48.3 Å². The molecule has 55 heavy (non-hydrogen) atoms. The number of aliphatic carboxylic acids is 1. The number of hydrogen-bond acceptors (Lipinski definition) is 9. The molecule has 0 aromatic heterocycles. The number of nitrogens with two attached hydrogens (primary N) is 1. The summed E-state index contributed by atoms with van der Waals surface area (Å²) in [5, 5.41) is 22.0. The number of carboxylic acids is 1. The minimum atomic E-state index is -1.35. The number of urea groups is 1. The van der Waals surface area contributed by atoms with Crippen molar-refractivity contribution in [3.63, 3.8) is 0 Å². The van der Waals surface area contributed by atoms with Crippen molar-refractivity contribution in [3.05, 3.63) is 0 Å². The smallest absolute Gasteiger partial charge is 0.312 e. The third-order valence-electron chi connectivity index (χ3n) is 9.91. The van der Waals surface area contributed by atoms with Gasteiger partial charge in [0.1, 0.15) is 12.1 Å². The average Bonchev–Trinajstić information content (AvgIpc) is 3.41. The number of hydrogen-bond donors (Lipinski definition) is 7. The van der Waals surface area contributed by atoms with Crippen LogP contribution in [0.25, 0.3) is 0 Å². The van der Waals surface area contributed by atoms with Crippen molar-refractivity contribution >= 4 is 53.2 Å². The van der Waals surface area contributed by atoms with Crippen LogP contribution in [-0.4, -0.2) is 101 Å². The van der Waals surface area contributed by atoms with Gasteiger partial charge in [-0.3, -0.25) is 43.3 Å². The molecule has 0 bridgehead atoms. The summed E-state index contributed by atoms with van der Waals surface area (Å²) >= 11 is 0. The molecule has 2 aliphatic rings. The first-order valence-electron chi connectivity index (χ1n) is 19.6. The number of rotatable bonds is 21. The number of primary amides is 1. The number of nitrogens with zero attached hydrogens (tertiary/aromatic N) is 1. The van der Waals surface area contributed by atoms with Gasteiger partial charge in [0.25, 0.3) is 0 Å². The number of ketones is 1. The number of carbonyl (C=O) groups excluding carboxylic acids is 8. The van der Waals surface area contributed by atoms with Gasteiger partial charge in [0.2, 0.25) is 35.4 Å². The van der Waals surface area contributed by atoms with Gasteiger partial charge in [-0.2, -0.15) is 0 Å². The van der Waals surface area contributed by atoms with Crippen molar-refractivity contribution in [1.82, 2.24) is 31.5 Å². The van der Waals surface area contributed by atoms with Gasteiger partial charge >= 0.3 is 12.0 Å². The number of amides is 8. The standard InChI is InChI=1S/C36H59N7O10.C2H6/c1-19(2)24-16-28(45)43(35(24)52)18-22-9-11-23(12-10-22)32(49)39-17-27(44)40-26(13-14-29(46)47)33(50)42-30(20(3)4)34(51)41-25(31(48)21(5)6)8-7-15-38-36(37)53;1-2/h19-26,30H,7-18H2,1-6H3,(H,39,49)(H,40,44)(H,41,51)(H,42,50)(H,46,47)(H3,37,38,53);1-2H3. The number of likely N-dealkylation sites (tertiary alicyclic amines) is 1. The molecule has 2 rings (SSSR count). The Hall–Kier alpha value is -4.57. The van der Waals surface area contributed by atoms with Crippen molar-refractivity contribution in [2.75, 3.05) is 19.6 Å². The summed E-state index contributed by atoms with van der Waals surface area (Å²) in [7, 11) is 0. The molecular weight excluding hydrogens is 714 g/mol. The molecule has 0 spiro atoms. The van der Waals surface area contributed by atoms with E-state index >= 15 is 0 Å². The fourth-order valence-electron chi connectivity index (χ4n) is 6.64. The lowest BCUT2D eigenvalue weighted by Gasteiger charge is -2.30. The summed E-state index contributed by atoms with van der Waals surface area (Å²) in [6.07, 6.45) is 2.30. The molecule has 312 valence electrons. The topological polar surface area (TPSA) is 263 Å². The highest BCUT2D eigenvalue weighted by Gasteiger charge is 2.41. The second kappa shape index (κ2) is 24.1. The molecule has 8 amide bonds. The monoisotopic (exact) mass is 779 g/mol. The van der Waals surface area contributed by atoms with Crippen LogP contribution < -0.4 is 32.3 Å². The van der Waals surface area contributed by atoms with Crippen LogP contribution in [0.2, 0.25) is 0 Å². The Balaban J connectivity index is 0.00000743. The fraction of sp³-hybridized carbons (Fsp3) is 0.763. The third-order valence-corrected chi connectivity index (χ3v) is 9.91. The van der Waals surface area contributed by atoms with Gasteiger partial charge in [-0.1, -0.05) is 55.4 Å². The predicted molar refractivity (Wildman–Crippen MR) is 204 cm³/mol. The summed E-state index contributed by atoms with van der Waals surface area (Å²) in [6.45, 7) is 14.6. The van der Waals surface area contributed by atoms with E-state index in [1.165, 1.54) is 4.90 Å². The molecule has 17 nitrogen and oxygen atoms in total. The van der Waals surface area contributed by atoms with Crippen molar-refractivity contribution in [3.8, 4) is 0 Å². The van der Waals surface area contributed by atoms with E-state index < -0.39 is 72.6 Å². The first-order chi connectivity index (χ1) is 25.8. The van der Waals surface area contributed by atoms with Gasteiger partial charge in [-0.25, -0.2) is 4.79 Å². The van der Waals surface area contributed by atoms with Crippen molar-refractivity contribution in [2.45, 2.75) is 131 Å². The van der Waals surface area contributed by atoms with E-state index in [0.717, 1.165) is 0 Å². The van der Waals surface area contributed by atoms with Gasteiger partial charge in [-0.15, -0.1) is 0 Å². The average molecular weight is 780 g/mol. The molecule has 1 saturated carbocycles. The highest BCUT2D eigenvalue weighted by molar-refractivity contribution is 6.03. The molecule has 1 aliphatic heterocycles. The molecule has 17 heteroatoms. The maximum Gasteiger partial charge on any atom is 0.312 e. The van der Waals surface area contributed by atoms with E-state index in [2.05, 4.69) is 26.6 Å². The summed E-state index contributed by atoms with van der Waals surface area (Å²) < 4.78 is 0. The van der Waals surface area contributed by atoms with Crippen LogP contribution in [0.15, 0.2) is 0 Å². The Labute approximate surface area is 324 Å². The first kappa shape index (κ1) is 48.4. The summed E-state index contributed by atoms with van der Waals surface area (Å²) in [6, 6.07) is -4.13. The quantitative estimate of drug-likeness (QED) is 0.0654. The van der Waals surface area contributed by atoms with Crippen LogP contribution in [-0.2, 0) is 38.4 Å². The highest BCUT2D eigenvalue weighted by atomic mass is 16.4. The molecule has 1 aliphatic carbocycles. The van der Waals surface area contributed by atoms with Crippen LogP contribution in [0.3, 0.4) is 0 Å². The Morgan fingerprint density at radius 3 is 1.95 bits per heavy atom. The Bertz CT molecular complexity index is 1360. The maximum atomic E-state index is 13.4. The summed E-state index contributed by atoms with van der Waals surface area (Å²) in [4.78, 5) is 114. The second-order valence-electron chi connectivity index (χ2n) is 15.2. The predicted octanol–water partition coefficient (Wildman–Crippen LogP) is 1.62. The fourth-order valence-corrected chi connectivity index (χ4v) is 6.64. The number of carboxylic acid groups (broad SMARTS) is 1. The summed E-state index contributed by atoms with van der Waals surface area (Å²) in [5.41, 5.74) is 5.09. The van der Waals surface area contributed by atoms with E-state index in [9.17, 15) is 48.3 Å². The third kappa shape index (κ3) is 16.4. The van der Waals surface area contributed by atoms with E-state index in [1.807, 2.05) is 27.7 Å². The van der Waals surface area contributed by atoms with E-state index in [4.69, 9.17) is 5.73 Å². The van der Waals surface area contributed by atoms with Gasteiger partial charge < -0.3 is 37.4 Å². The SMILES string of the molecule is CC.CC(C)C(=O)C(CCCNC(N)=O)NC(=O)C(NC(=O)C(CCC(=O)O)NC(=O)CNC(=O)C1CCC(CN2C(=O)CC(C(C)C)C2=O)CC1)C(C)C. The molecule has 0 aromatic rings. The number of nitrogens with one attached hydrogen (secondary N) is 5. The minimum Gasteiger partial charge on any atom is -0.481 e. The number of imide groups is 1. The minimum absolute atomic E-state index is 0.0790. The molecule has 1 heterocycles. The van der Waals surface area contributed by atoms with Gasteiger partial charge in [0.15, 0.2) is 5.78 Å². The van der Waals surface area contributed by atoms with Gasteiger partial charge in [0, 0.05) is 43.7 Å². The van der Waals surface area contributed by atoms with Crippen LogP contribution in [0.5, 0.6) is 0 Å².